The van der Waals surface area contributed by atoms with Crippen molar-refractivity contribution >= 4 is 6.09 Å². The van der Waals surface area contributed by atoms with Crippen LogP contribution < -0.4 is 9.47 Å². The van der Waals surface area contributed by atoms with Crippen molar-refractivity contribution in [3.8, 4) is 22.6 Å². The fourth-order valence-corrected chi connectivity index (χ4v) is 5.55. The second-order valence-electron chi connectivity index (χ2n) is 9.87. The Kier molecular flexibility index (Phi) is 5.87. The van der Waals surface area contributed by atoms with Gasteiger partial charge in [0.05, 0.1) is 12.7 Å². The summed E-state index contributed by atoms with van der Waals surface area (Å²) in [6, 6.07) is 16.4. The molecule has 0 bridgehead atoms. The number of likely N-dealkylation sites (tertiary alicyclic amines) is 1. The van der Waals surface area contributed by atoms with Gasteiger partial charge < -0.3 is 19.5 Å². The minimum absolute atomic E-state index is 0.0405. The van der Waals surface area contributed by atoms with E-state index in [9.17, 15) is 9.90 Å². The number of hydrogen-bond acceptors (Lipinski definition) is 3. The highest BCUT2D eigenvalue weighted by Crippen LogP contribution is 2.49. The smallest absolute Gasteiger partial charge is 0.407 e. The van der Waals surface area contributed by atoms with E-state index in [1.54, 1.807) is 4.90 Å². The van der Waals surface area contributed by atoms with Crippen LogP contribution in [0.1, 0.15) is 40.5 Å². The van der Waals surface area contributed by atoms with Crippen LogP contribution in [0, 0.1) is 17.3 Å². The zero-order valence-electron chi connectivity index (χ0n) is 18.9. The van der Waals surface area contributed by atoms with Crippen LogP contribution in [0.4, 0.5) is 4.79 Å². The van der Waals surface area contributed by atoms with Crippen LogP contribution in [0.15, 0.2) is 48.5 Å². The molecule has 0 spiro atoms. The summed E-state index contributed by atoms with van der Waals surface area (Å²) in [6.45, 7) is 9.69. The molecule has 1 N–H and O–H groups in total. The molecule has 1 amide bonds. The topological polar surface area (TPSA) is 59.0 Å². The number of hydrogen-bond donors (Lipinski definition) is 1. The van der Waals surface area contributed by atoms with Gasteiger partial charge in [-0.2, -0.15) is 0 Å². The van der Waals surface area contributed by atoms with Crippen molar-refractivity contribution in [2.75, 3.05) is 13.2 Å². The molecule has 1 saturated heterocycles. The van der Waals surface area contributed by atoms with E-state index in [1.165, 1.54) is 0 Å². The lowest BCUT2D eigenvalue weighted by molar-refractivity contribution is 0.0816. The number of carbonyl (C=O) groups is 1. The van der Waals surface area contributed by atoms with Crippen molar-refractivity contribution in [1.29, 1.82) is 0 Å². The zero-order chi connectivity index (χ0) is 22.2. The molecule has 1 aliphatic carbocycles. The number of ether oxygens (including phenoxy) is 2. The monoisotopic (exact) mass is 423 g/mol. The van der Waals surface area contributed by atoms with Gasteiger partial charge in [0.1, 0.15) is 11.5 Å². The fraction of sp³-hybridized carbons (Fsp3) is 0.500. The maximum absolute atomic E-state index is 11.8. The maximum atomic E-state index is 11.8. The molecule has 0 aromatic heterocycles. The molecule has 2 aromatic carbocycles. The van der Waals surface area contributed by atoms with Gasteiger partial charge in [-0.15, -0.1) is 0 Å². The fourth-order valence-electron chi connectivity index (χ4n) is 5.55. The van der Waals surface area contributed by atoms with Gasteiger partial charge in [-0.3, -0.25) is 0 Å². The third-order valence-corrected chi connectivity index (χ3v) is 6.65. The average Bonchev–Trinajstić information content (AvgIpc) is 3.25. The minimum Gasteiger partial charge on any atom is -0.494 e. The van der Waals surface area contributed by atoms with E-state index >= 15 is 0 Å². The van der Waals surface area contributed by atoms with Gasteiger partial charge in [0, 0.05) is 12.6 Å². The predicted octanol–water partition coefficient (Wildman–Crippen LogP) is 5.93. The number of carboxylic acid groups (broad SMARTS) is 1. The Morgan fingerprint density at radius 3 is 2.45 bits per heavy atom. The van der Waals surface area contributed by atoms with Gasteiger partial charge in [0.25, 0.3) is 0 Å². The molecule has 0 radical (unpaired) electrons. The number of amides is 1. The summed E-state index contributed by atoms with van der Waals surface area (Å²) in [5.74, 6) is 2.48. The van der Waals surface area contributed by atoms with E-state index < -0.39 is 6.09 Å². The molecule has 166 valence electrons. The van der Waals surface area contributed by atoms with Crippen LogP contribution in [0.2, 0.25) is 0 Å². The lowest BCUT2D eigenvalue weighted by atomic mass is 9.77. The van der Waals surface area contributed by atoms with Crippen LogP contribution in [0.3, 0.4) is 0 Å². The van der Waals surface area contributed by atoms with Crippen molar-refractivity contribution in [2.24, 2.45) is 17.3 Å². The molecule has 5 heteroatoms. The van der Waals surface area contributed by atoms with Crippen LogP contribution in [-0.2, 0) is 0 Å². The first kappa shape index (κ1) is 21.5. The van der Waals surface area contributed by atoms with E-state index in [1.807, 2.05) is 31.2 Å². The van der Waals surface area contributed by atoms with Crippen molar-refractivity contribution in [1.82, 2.24) is 4.90 Å². The molecule has 5 nitrogen and oxygen atoms in total. The quantitative estimate of drug-likeness (QED) is 0.647. The first-order valence-electron chi connectivity index (χ1n) is 11.3. The number of nitrogens with zero attached hydrogens (tertiary/aromatic N) is 1. The summed E-state index contributed by atoms with van der Waals surface area (Å²) >= 11 is 0. The summed E-state index contributed by atoms with van der Waals surface area (Å²) in [5.41, 5.74) is 2.16. The number of fused-ring (bicyclic) bond motifs is 1. The lowest BCUT2D eigenvalue weighted by Crippen LogP contribution is -2.45. The molecular weight excluding hydrogens is 390 g/mol. The molecule has 2 fully saturated rings. The largest absolute Gasteiger partial charge is 0.494 e. The number of rotatable bonds is 5. The predicted molar refractivity (Wildman–Crippen MR) is 122 cm³/mol. The van der Waals surface area contributed by atoms with Gasteiger partial charge in [-0.05, 0) is 72.4 Å². The Bertz CT molecular complexity index is 918. The van der Waals surface area contributed by atoms with Crippen molar-refractivity contribution in [3.63, 3.8) is 0 Å². The van der Waals surface area contributed by atoms with Crippen LogP contribution in [0.5, 0.6) is 11.5 Å². The SMILES string of the molecule is CCOc1ccc(-c2cccc(O[C@@H]3C[C@H]4CN(C(=O)O)C(C(C)(C)C)[C@H]4C3)c2)cc1. The van der Waals surface area contributed by atoms with Crippen molar-refractivity contribution in [3.05, 3.63) is 48.5 Å². The van der Waals surface area contributed by atoms with Gasteiger partial charge in [-0.25, -0.2) is 4.79 Å². The molecular formula is C26H33NO4. The van der Waals surface area contributed by atoms with Gasteiger partial charge >= 0.3 is 6.09 Å². The number of benzene rings is 2. The maximum Gasteiger partial charge on any atom is 0.407 e. The Labute approximate surface area is 185 Å². The van der Waals surface area contributed by atoms with Crippen molar-refractivity contribution < 1.29 is 19.4 Å². The van der Waals surface area contributed by atoms with Gasteiger partial charge in [-0.1, -0.05) is 45.0 Å². The second-order valence-corrected chi connectivity index (χ2v) is 9.87. The molecule has 1 unspecified atom stereocenters. The molecule has 2 aliphatic rings. The molecule has 1 saturated carbocycles. The molecule has 2 aromatic rings. The Morgan fingerprint density at radius 1 is 1.06 bits per heavy atom. The van der Waals surface area contributed by atoms with Crippen LogP contribution in [-0.4, -0.2) is 41.4 Å². The summed E-state index contributed by atoms with van der Waals surface area (Å²) in [6.07, 6.45) is 1.15. The van der Waals surface area contributed by atoms with Crippen LogP contribution in [0.25, 0.3) is 11.1 Å². The average molecular weight is 424 g/mol. The highest BCUT2D eigenvalue weighted by molar-refractivity contribution is 5.66. The van der Waals surface area contributed by atoms with E-state index in [4.69, 9.17) is 9.47 Å². The molecule has 1 heterocycles. The Balaban J connectivity index is 1.45. The summed E-state index contributed by atoms with van der Waals surface area (Å²) in [7, 11) is 0. The standard InChI is InChI=1S/C26H33NO4/c1-5-30-20-11-9-17(10-12-20)18-7-6-8-21(13-18)31-22-14-19-16-27(25(28)29)24(23(19)15-22)26(2,3)4/h6-13,19,22-24H,5,14-16H2,1-4H3,(H,28,29)/t19-,22+,23-,24?/m0/s1. The van der Waals surface area contributed by atoms with Gasteiger partial charge in [0.2, 0.25) is 0 Å². The molecule has 1 aliphatic heterocycles. The molecule has 4 rings (SSSR count). The van der Waals surface area contributed by atoms with Crippen molar-refractivity contribution in [2.45, 2.75) is 52.7 Å². The molecule has 4 atom stereocenters. The highest BCUT2D eigenvalue weighted by Gasteiger charge is 2.53. The van der Waals surface area contributed by atoms with E-state index in [2.05, 4.69) is 45.0 Å². The second kappa shape index (κ2) is 8.45. The zero-order valence-corrected chi connectivity index (χ0v) is 18.9. The van der Waals surface area contributed by atoms with E-state index in [0.717, 1.165) is 35.5 Å². The molecule has 31 heavy (non-hydrogen) atoms. The van der Waals surface area contributed by atoms with Gasteiger partial charge in [0.15, 0.2) is 0 Å². The third-order valence-electron chi connectivity index (χ3n) is 6.65. The summed E-state index contributed by atoms with van der Waals surface area (Å²) in [4.78, 5) is 13.4. The Hall–Kier alpha value is -2.69. The normalized spacial score (nSPS) is 25.4. The van der Waals surface area contributed by atoms with E-state index in [0.29, 0.717) is 25.0 Å². The summed E-state index contributed by atoms with van der Waals surface area (Å²) < 4.78 is 11.9. The summed E-state index contributed by atoms with van der Waals surface area (Å²) in [5, 5.41) is 9.68. The van der Waals surface area contributed by atoms with Crippen LogP contribution >= 0.6 is 0 Å². The Morgan fingerprint density at radius 2 is 1.81 bits per heavy atom. The third kappa shape index (κ3) is 4.51. The highest BCUT2D eigenvalue weighted by atomic mass is 16.5. The lowest BCUT2D eigenvalue weighted by Gasteiger charge is -2.37. The first-order chi connectivity index (χ1) is 14.8. The minimum atomic E-state index is -0.796. The van der Waals surface area contributed by atoms with E-state index in [-0.39, 0.29) is 17.6 Å². The first-order valence-corrected chi connectivity index (χ1v) is 11.3.